The average Bonchev–Trinajstić information content (AvgIpc) is 2.70. The largest absolute Gasteiger partial charge is 0.308 e. The second-order valence-electron chi connectivity index (χ2n) is 5.05. The molecule has 0 aliphatic carbocycles. The van der Waals surface area contributed by atoms with Crippen LogP contribution in [0.4, 0.5) is 0 Å². The lowest BCUT2D eigenvalue weighted by molar-refractivity contribution is 0.0874. The van der Waals surface area contributed by atoms with Gasteiger partial charge in [-0.3, -0.25) is 9.36 Å². The van der Waals surface area contributed by atoms with E-state index in [1.165, 1.54) is 11.3 Å². The maximum Gasteiger partial charge on any atom is 0.231 e. The Bertz CT molecular complexity index is 674. The smallest absolute Gasteiger partial charge is 0.231 e. The van der Waals surface area contributed by atoms with Crippen molar-refractivity contribution in [2.75, 3.05) is 6.54 Å². The number of halogens is 1. The molecule has 0 radical (unpaired) electrons. The van der Waals surface area contributed by atoms with E-state index < -0.39 is 0 Å². The molecule has 4 heteroatoms. The SMILES string of the molecule is O=C1CC[C@@H]2NCCc3c2n1c1ccc(Cl)cc31. The summed E-state index contributed by atoms with van der Waals surface area (Å²) in [6, 6.07) is 6.16. The molecule has 1 N–H and O–H groups in total. The number of fused-ring (bicyclic) bond motifs is 3. The molecule has 18 heavy (non-hydrogen) atoms. The van der Waals surface area contributed by atoms with Gasteiger partial charge in [0.25, 0.3) is 0 Å². The van der Waals surface area contributed by atoms with E-state index in [0.29, 0.717) is 12.5 Å². The minimum atomic E-state index is 0.212. The van der Waals surface area contributed by atoms with Crippen molar-refractivity contribution in [2.24, 2.45) is 0 Å². The highest BCUT2D eigenvalue weighted by Crippen LogP contribution is 2.38. The third kappa shape index (κ3) is 1.26. The van der Waals surface area contributed by atoms with E-state index in [9.17, 15) is 4.79 Å². The first-order valence-electron chi connectivity index (χ1n) is 6.35. The third-order valence-electron chi connectivity index (χ3n) is 4.07. The second kappa shape index (κ2) is 3.59. The predicted molar refractivity (Wildman–Crippen MR) is 71.3 cm³/mol. The number of carbonyl (C=O) groups excluding carboxylic acids is 1. The number of benzene rings is 1. The van der Waals surface area contributed by atoms with E-state index >= 15 is 0 Å². The van der Waals surface area contributed by atoms with E-state index in [0.717, 1.165) is 35.3 Å². The molecule has 3 nitrogen and oxygen atoms in total. The van der Waals surface area contributed by atoms with Crippen LogP contribution in [0.1, 0.15) is 34.9 Å². The van der Waals surface area contributed by atoms with Gasteiger partial charge in [0.2, 0.25) is 5.91 Å². The van der Waals surface area contributed by atoms with E-state index in [1.54, 1.807) is 0 Å². The van der Waals surface area contributed by atoms with Crippen LogP contribution in [0.5, 0.6) is 0 Å². The van der Waals surface area contributed by atoms with Crippen molar-refractivity contribution >= 4 is 28.4 Å². The summed E-state index contributed by atoms with van der Waals surface area (Å²) in [5.74, 6) is 0.212. The van der Waals surface area contributed by atoms with Crippen LogP contribution in [0.3, 0.4) is 0 Å². The van der Waals surface area contributed by atoms with Crippen molar-refractivity contribution in [2.45, 2.75) is 25.3 Å². The molecule has 4 rings (SSSR count). The van der Waals surface area contributed by atoms with Gasteiger partial charge in [0, 0.05) is 28.6 Å². The van der Waals surface area contributed by atoms with E-state index in [-0.39, 0.29) is 5.91 Å². The Hall–Kier alpha value is -1.32. The summed E-state index contributed by atoms with van der Waals surface area (Å²) in [7, 11) is 0. The molecular formula is C14H13ClN2O. The Kier molecular flexibility index (Phi) is 2.11. The summed E-state index contributed by atoms with van der Waals surface area (Å²) in [5, 5.41) is 5.40. The Morgan fingerprint density at radius 1 is 1.33 bits per heavy atom. The first-order chi connectivity index (χ1) is 8.75. The molecule has 0 unspecified atom stereocenters. The van der Waals surface area contributed by atoms with Crippen molar-refractivity contribution < 1.29 is 4.79 Å². The van der Waals surface area contributed by atoms with Gasteiger partial charge in [-0.25, -0.2) is 0 Å². The molecule has 2 aliphatic rings. The molecule has 0 saturated heterocycles. The molecular weight excluding hydrogens is 248 g/mol. The van der Waals surface area contributed by atoms with Gasteiger partial charge in [0.05, 0.1) is 5.52 Å². The number of carbonyl (C=O) groups is 1. The van der Waals surface area contributed by atoms with E-state index in [1.807, 2.05) is 22.8 Å². The monoisotopic (exact) mass is 260 g/mol. The van der Waals surface area contributed by atoms with Crippen LogP contribution in [0.25, 0.3) is 10.9 Å². The topological polar surface area (TPSA) is 34.0 Å². The minimum absolute atomic E-state index is 0.212. The quantitative estimate of drug-likeness (QED) is 0.790. The summed E-state index contributed by atoms with van der Waals surface area (Å²) < 4.78 is 1.90. The molecule has 1 aromatic heterocycles. The first kappa shape index (κ1) is 10.6. The molecule has 2 aromatic rings. The lowest BCUT2D eigenvalue weighted by Crippen LogP contribution is -2.36. The van der Waals surface area contributed by atoms with Gasteiger partial charge >= 0.3 is 0 Å². The maximum absolute atomic E-state index is 12.2. The van der Waals surface area contributed by atoms with Crippen LogP contribution < -0.4 is 5.32 Å². The molecule has 92 valence electrons. The zero-order valence-electron chi connectivity index (χ0n) is 9.87. The molecule has 1 atom stereocenters. The normalized spacial score (nSPS) is 22.3. The van der Waals surface area contributed by atoms with Gasteiger partial charge in [-0.15, -0.1) is 0 Å². The van der Waals surface area contributed by atoms with Gasteiger partial charge < -0.3 is 5.32 Å². The van der Waals surface area contributed by atoms with Gasteiger partial charge in [-0.05, 0) is 43.1 Å². The van der Waals surface area contributed by atoms with Crippen LogP contribution in [-0.4, -0.2) is 17.0 Å². The Balaban J connectivity index is 2.15. The lowest BCUT2D eigenvalue weighted by atomic mass is 9.94. The predicted octanol–water partition coefficient (Wildman–Crippen LogP) is 2.92. The molecule has 0 bridgehead atoms. The number of rotatable bonds is 0. The maximum atomic E-state index is 12.2. The highest BCUT2D eigenvalue weighted by Gasteiger charge is 2.33. The zero-order chi connectivity index (χ0) is 12.3. The van der Waals surface area contributed by atoms with E-state index in [2.05, 4.69) is 5.32 Å². The van der Waals surface area contributed by atoms with Crippen LogP contribution in [-0.2, 0) is 6.42 Å². The van der Waals surface area contributed by atoms with Crippen molar-refractivity contribution in [3.8, 4) is 0 Å². The zero-order valence-corrected chi connectivity index (χ0v) is 10.6. The van der Waals surface area contributed by atoms with Crippen molar-refractivity contribution in [1.29, 1.82) is 0 Å². The molecule has 0 saturated carbocycles. The number of hydrogen-bond donors (Lipinski definition) is 1. The fourth-order valence-electron chi connectivity index (χ4n) is 3.33. The summed E-state index contributed by atoms with van der Waals surface area (Å²) >= 11 is 6.09. The van der Waals surface area contributed by atoms with Crippen LogP contribution in [0.15, 0.2) is 18.2 Å². The van der Waals surface area contributed by atoms with E-state index in [4.69, 9.17) is 11.6 Å². The fourth-order valence-corrected chi connectivity index (χ4v) is 3.50. The number of hydrogen-bond acceptors (Lipinski definition) is 2. The summed E-state index contributed by atoms with van der Waals surface area (Å²) in [6.07, 6.45) is 2.51. The molecule has 1 aromatic carbocycles. The average molecular weight is 261 g/mol. The summed E-state index contributed by atoms with van der Waals surface area (Å²) in [4.78, 5) is 12.2. The first-order valence-corrected chi connectivity index (χ1v) is 6.73. The van der Waals surface area contributed by atoms with Crippen molar-refractivity contribution in [3.63, 3.8) is 0 Å². The number of nitrogens with one attached hydrogen (secondary N) is 1. The van der Waals surface area contributed by atoms with Gasteiger partial charge in [0.15, 0.2) is 0 Å². The lowest BCUT2D eigenvalue weighted by Gasteiger charge is -2.29. The fraction of sp³-hybridized carbons (Fsp3) is 0.357. The summed E-state index contributed by atoms with van der Waals surface area (Å²) in [5.41, 5.74) is 3.50. The molecule has 0 fully saturated rings. The van der Waals surface area contributed by atoms with Crippen LogP contribution in [0.2, 0.25) is 5.02 Å². The number of aromatic nitrogens is 1. The molecule has 2 aliphatic heterocycles. The van der Waals surface area contributed by atoms with Gasteiger partial charge in [-0.1, -0.05) is 11.6 Å². The van der Waals surface area contributed by atoms with Crippen molar-refractivity contribution in [3.05, 3.63) is 34.5 Å². The second-order valence-corrected chi connectivity index (χ2v) is 5.49. The Morgan fingerprint density at radius 2 is 2.22 bits per heavy atom. The Morgan fingerprint density at radius 3 is 3.11 bits per heavy atom. The third-order valence-corrected chi connectivity index (χ3v) is 4.30. The molecule has 3 heterocycles. The standard InChI is InChI=1S/C14H13ClN2O/c15-8-1-3-12-10(7-8)9-5-6-16-11-2-4-13(18)17(12)14(9)11/h1,3,7,11,16H,2,4-6H2/t11-/m0/s1. The molecule has 0 amide bonds. The minimum Gasteiger partial charge on any atom is -0.308 e. The number of nitrogens with zero attached hydrogens (tertiary/aromatic N) is 1. The van der Waals surface area contributed by atoms with Gasteiger partial charge in [0.1, 0.15) is 0 Å². The van der Waals surface area contributed by atoms with Crippen molar-refractivity contribution in [1.82, 2.24) is 9.88 Å². The van der Waals surface area contributed by atoms with Crippen LogP contribution in [0, 0.1) is 0 Å². The van der Waals surface area contributed by atoms with Crippen LogP contribution >= 0.6 is 11.6 Å². The Labute approximate surface area is 110 Å². The molecule has 0 spiro atoms. The highest BCUT2D eigenvalue weighted by molar-refractivity contribution is 6.31. The summed E-state index contributed by atoms with van der Waals surface area (Å²) in [6.45, 7) is 0.984. The highest BCUT2D eigenvalue weighted by atomic mass is 35.5. The van der Waals surface area contributed by atoms with Gasteiger partial charge in [-0.2, -0.15) is 0 Å².